The Balaban J connectivity index is 1.84. The molecule has 1 fully saturated rings. The standard InChI is InChI=1S/C15H19N3O/c16-5-3-14(18-8-6-17-7-9-18)12-1-2-15-13(11-12)4-10-19-15/h1-2,11,14,17H,3-4,6-10H2/t14-/m1/s1. The minimum atomic E-state index is 0.220. The number of piperazine rings is 1. The molecule has 1 N–H and O–H groups in total. The molecule has 1 aromatic carbocycles. The van der Waals surface area contributed by atoms with Gasteiger partial charge in [-0.15, -0.1) is 0 Å². The van der Waals surface area contributed by atoms with E-state index in [-0.39, 0.29) is 6.04 Å². The van der Waals surface area contributed by atoms with Gasteiger partial charge in [0.1, 0.15) is 5.75 Å². The summed E-state index contributed by atoms with van der Waals surface area (Å²) in [6.45, 7) is 4.83. The molecule has 0 spiro atoms. The third-order valence-electron chi connectivity index (χ3n) is 3.98. The fourth-order valence-electron chi connectivity index (χ4n) is 2.95. The molecule has 0 saturated carbocycles. The maximum atomic E-state index is 9.11. The largest absolute Gasteiger partial charge is 0.493 e. The summed E-state index contributed by atoms with van der Waals surface area (Å²) in [4.78, 5) is 2.41. The third-order valence-corrected chi connectivity index (χ3v) is 3.98. The molecule has 1 aromatic rings. The summed E-state index contributed by atoms with van der Waals surface area (Å²) in [7, 11) is 0. The van der Waals surface area contributed by atoms with E-state index >= 15 is 0 Å². The van der Waals surface area contributed by atoms with Gasteiger partial charge in [-0.25, -0.2) is 0 Å². The molecule has 1 atom stereocenters. The summed E-state index contributed by atoms with van der Waals surface area (Å²) in [5.41, 5.74) is 2.54. The topological polar surface area (TPSA) is 48.3 Å². The lowest BCUT2D eigenvalue weighted by Crippen LogP contribution is -2.45. The lowest BCUT2D eigenvalue weighted by molar-refractivity contribution is 0.175. The molecule has 0 amide bonds. The number of nitriles is 1. The van der Waals surface area contributed by atoms with Gasteiger partial charge in [0.05, 0.1) is 19.1 Å². The Bertz CT molecular complexity index is 489. The highest BCUT2D eigenvalue weighted by atomic mass is 16.5. The zero-order valence-electron chi connectivity index (χ0n) is 11.1. The van der Waals surface area contributed by atoms with Gasteiger partial charge in [-0.3, -0.25) is 4.90 Å². The molecule has 0 bridgehead atoms. The highest BCUT2D eigenvalue weighted by molar-refractivity contribution is 5.41. The number of nitrogens with one attached hydrogen (secondary N) is 1. The minimum Gasteiger partial charge on any atom is -0.493 e. The zero-order valence-corrected chi connectivity index (χ0v) is 11.1. The molecule has 0 aromatic heterocycles. The number of rotatable bonds is 3. The van der Waals surface area contributed by atoms with Crippen molar-refractivity contribution in [1.29, 1.82) is 5.26 Å². The third kappa shape index (κ3) is 2.58. The van der Waals surface area contributed by atoms with Crippen molar-refractivity contribution in [1.82, 2.24) is 10.2 Å². The maximum Gasteiger partial charge on any atom is 0.122 e. The molecule has 0 unspecified atom stereocenters. The van der Waals surface area contributed by atoms with Crippen LogP contribution in [0.3, 0.4) is 0 Å². The predicted molar refractivity (Wildman–Crippen MR) is 73.1 cm³/mol. The fraction of sp³-hybridized carbons (Fsp3) is 0.533. The fourth-order valence-corrected chi connectivity index (χ4v) is 2.95. The number of ether oxygens (including phenoxy) is 1. The van der Waals surface area contributed by atoms with Gasteiger partial charge in [0.15, 0.2) is 0 Å². The molecular weight excluding hydrogens is 238 g/mol. The minimum absolute atomic E-state index is 0.220. The molecule has 1 saturated heterocycles. The van der Waals surface area contributed by atoms with Crippen molar-refractivity contribution in [2.24, 2.45) is 0 Å². The SMILES string of the molecule is N#CC[C@H](c1ccc2c(c1)CCO2)N1CCNCC1. The number of nitrogens with zero attached hydrogens (tertiary/aromatic N) is 2. The average molecular weight is 257 g/mol. The van der Waals surface area contributed by atoms with Crippen LogP contribution in [-0.2, 0) is 6.42 Å². The molecule has 4 nitrogen and oxygen atoms in total. The van der Waals surface area contributed by atoms with Crippen LogP contribution < -0.4 is 10.1 Å². The van der Waals surface area contributed by atoms with Gasteiger partial charge >= 0.3 is 0 Å². The molecule has 100 valence electrons. The molecule has 0 aliphatic carbocycles. The predicted octanol–water partition coefficient (Wildman–Crippen LogP) is 1.48. The first-order valence-electron chi connectivity index (χ1n) is 6.96. The highest BCUT2D eigenvalue weighted by Crippen LogP contribution is 2.31. The smallest absolute Gasteiger partial charge is 0.122 e. The van der Waals surface area contributed by atoms with E-state index in [0.717, 1.165) is 45.0 Å². The van der Waals surface area contributed by atoms with E-state index in [4.69, 9.17) is 10.00 Å². The van der Waals surface area contributed by atoms with Gasteiger partial charge in [-0.2, -0.15) is 5.26 Å². The number of benzene rings is 1. The monoisotopic (exact) mass is 257 g/mol. The first kappa shape index (κ1) is 12.5. The van der Waals surface area contributed by atoms with Crippen LogP contribution in [0.5, 0.6) is 5.75 Å². The van der Waals surface area contributed by atoms with Gasteiger partial charge in [0.2, 0.25) is 0 Å². The number of hydrogen-bond acceptors (Lipinski definition) is 4. The van der Waals surface area contributed by atoms with Crippen LogP contribution in [0.1, 0.15) is 23.6 Å². The second kappa shape index (κ2) is 5.60. The Morgan fingerprint density at radius 2 is 2.21 bits per heavy atom. The van der Waals surface area contributed by atoms with E-state index < -0.39 is 0 Å². The van der Waals surface area contributed by atoms with Gasteiger partial charge in [-0.1, -0.05) is 12.1 Å². The van der Waals surface area contributed by atoms with Crippen molar-refractivity contribution in [2.75, 3.05) is 32.8 Å². The number of hydrogen-bond donors (Lipinski definition) is 1. The van der Waals surface area contributed by atoms with Crippen LogP contribution >= 0.6 is 0 Å². The molecule has 0 radical (unpaired) electrons. The molecule has 4 heteroatoms. The van der Waals surface area contributed by atoms with Gasteiger partial charge in [0.25, 0.3) is 0 Å². The Kier molecular flexibility index (Phi) is 3.67. The Hall–Kier alpha value is -1.57. The van der Waals surface area contributed by atoms with E-state index in [2.05, 4.69) is 34.5 Å². The van der Waals surface area contributed by atoms with Gasteiger partial charge < -0.3 is 10.1 Å². The average Bonchev–Trinajstić information content (AvgIpc) is 2.93. The van der Waals surface area contributed by atoms with E-state index in [1.807, 2.05) is 0 Å². The molecule has 2 aliphatic heterocycles. The Labute approximate surface area is 114 Å². The first-order chi connectivity index (χ1) is 9.38. The van der Waals surface area contributed by atoms with E-state index in [0.29, 0.717) is 6.42 Å². The quantitative estimate of drug-likeness (QED) is 0.891. The van der Waals surface area contributed by atoms with E-state index in [9.17, 15) is 0 Å². The molecule has 19 heavy (non-hydrogen) atoms. The van der Waals surface area contributed by atoms with Gasteiger partial charge in [0, 0.05) is 38.6 Å². The summed E-state index contributed by atoms with van der Waals surface area (Å²) in [6, 6.07) is 8.97. The second-order valence-corrected chi connectivity index (χ2v) is 5.13. The van der Waals surface area contributed by atoms with E-state index in [1.54, 1.807) is 0 Å². The van der Waals surface area contributed by atoms with Gasteiger partial charge in [-0.05, 0) is 17.2 Å². The van der Waals surface area contributed by atoms with Crippen LogP contribution in [0.4, 0.5) is 0 Å². The van der Waals surface area contributed by atoms with Crippen molar-refractivity contribution in [2.45, 2.75) is 18.9 Å². The lowest BCUT2D eigenvalue weighted by Gasteiger charge is -2.34. The summed E-state index contributed by atoms with van der Waals surface area (Å²) in [5.74, 6) is 1.01. The van der Waals surface area contributed by atoms with Crippen LogP contribution in [0.15, 0.2) is 18.2 Å². The van der Waals surface area contributed by atoms with Crippen molar-refractivity contribution < 1.29 is 4.74 Å². The van der Waals surface area contributed by atoms with Crippen molar-refractivity contribution in [3.63, 3.8) is 0 Å². The Morgan fingerprint density at radius 3 is 3.00 bits per heavy atom. The zero-order chi connectivity index (χ0) is 13.1. The van der Waals surface area contributed by atoms with Crippen LogP contribution in [-0.4, -0.2) is 37.7 Å². The van der Waals surface area contributed by atoms with Crippen molar-refractivity contribution in [3.05, 3.63) is 29.3 Å². The van der Waals surface area contributed by atoms with Crippen LogP contribution in [0.25, 0.3) is 0 Å². The molecule has 2 aliphatic rings. The normalized spacial score (nSPS) is 20.4. The highest BCUT2D eigenvalue weighted by Gasteiger charge is 2.23. The summed E-state index contributed by atoms with van der Waals surface area (Å²) < 4.78 is 5.55. The Morgan fingerprint density at radius 1 is 1.37 bits per heavy atom. The number of fused-ring (bicyclic) bond motifs is 1. The first-order valence-corrected chi connectivity index (χ1v) is 6.96. The van der Waals surface area contributed by atoms with Crippen molar-refractivity contribution in [3.8, 4) is 11.8 Å². The summed E-state index contributed by atoms with van der Waals surface area (Å²) >= 11 is 0. The summed E-state index contributed by atoms with van der Waals surface area (Å²) in [5, 5.41) is 12.5. The molecule has 3 rings (SSSR count). The molecule has 2 heterocycles. The molecular formula is C15H19N3O. The van der Waals surface area contributed by atoms with E-state index in [1.165, 1.54) is 11.1 Å². The summed E-state index contributed by atoms with van der Waals surface area (Å²) in [6.07, 6.45) is 1.55. The van der Waals surface area contributed by atoms with Crippen LogP contribution in [0.2, 0.25) is 0 Å². The maximum absolute atomic E-state index is 9.11. The lowest BCUT2D eigenvalue weighted by atomic mass is 9.98. The second-order valence-electron chi connectivity index (χ2n) is 5.13. The van der Waals surface area contributed by atoms with Crippen LogP contribution in [0, 0.1) is 11.3 Å². The van der Waals surface area contributed by atoms with Crippen molar-refractivity contribution >= 4 is 0 Å².